The zero-order chi connectivity index (χ0) is 8.77. The van der Waals surface area contributed by atoms with Crippen molar-refractivity contribution in [2.75, 3.05) is 26.7 Å². The van der Waals surface area contributed by atoms with Crippen molar-refractivity contribution in [3.8, 4) is 0 Å². The lowest BCUT2D eigenvalue weighted by Crippen LogP contribution is -2.62. The first-order valence-corrected chi connectivity index (χ1v) is 4.92. The second-order valence-electron chi connectivity index (χ2n) is 4.82. The number of hydrogen-bond acceptors (Lipinski definition) is 2. The second kappa shape index (κ2) is 2.71. The van der Waals surface area contributed by atoms with E-state index in [0.29, 0.717) is 11.5 Å². The smallest absolute Gasteiger partial charge is 0.0627 e. The van der Waals surface area contributed by atoms with Crippen LogP contribution in [0.2, 0.25) is 0 Å². The summed E-state index contributed by atoms with van der Waals surface area (Å²) in [7, 11) is 2.19. The molecule has 2 fully saturated rings. The largest absolute Gasteiger partial charge is 0.378 e. The molecule has 0 radical (unpaired) electrons. The molecule has 0 aromatic heterocycles. The average Bonchev–Trinajstić information content (AvgIpc) is 1.94. The lowest BCUT2D eigenvalue weighted by molar-refractivity contribution is -0.158. The molecule has 0 aliphatic carbocycles. The van der Waals surface area contributed by atoms with Gasteiger partial charge in [-0.25, -0.2) is 0 Å². The van der Waals surface area contributed by atoms with Crippen LogP contribution in [0.1, 0.15) is 20.3 Å². The zero-order valence-electron chi connectivity index (χ0n) is 8.34. The van der Waals surface area contributed by atoms with Gasteiger partial charge in [-0.05, 0) is 26.3 Å². The van der Waals surface area contributed by atoms with Crippen molar-refractivity contribution in [3.63, 3.8) is 0 Å². The predicted molar refractivity (Wildman–Crippen MR) is 49.1 cm³/mol. The van der Waals surface area contributed by atoms with Gasteiger partial charge in [-0.15, -0.1) is 0 Å². The molecule has 2 saturated heterocycles. The van der Waals surface area contributed by atoms with E-state index < -0.39 is 0 Å². The molecule has 1 spiro atoms. The van der Waals surface area contributed by atoms with Gasteiger partial charge in [-0.3, -0.25) is 0 Å². The lowest BCUT2D eigenvalue weighted by atomic mass is 9.68. The molecule has 0 saturated carbocycles. The molecule has 2 heteroatoms. The van der Waals surface area contributed by atoms with E-state index in [1.54, 1.807) is 0 Å². The van der Waals surface area contributed by atoms with Crippen molar-refractivity contribution in [1.82, 2.24) is 4.90 Å². The molecule has 2 aliphatic heterocycles. The van der Waals surface area contributed by atoms with E-state index in [1.807, 2.05) is 0 Å². The van der Waals surface area contributed by atoms with Crippen LogP contribution in [0.25, 0.3) is 0 Å². The van der Waals surface area contributed by atoms with Crippen LogP contribution in [-0.2, 0) is 4.74 Å². The highest BCUT2D eigenvalue weighted by Gasteiger charge is 2.48. The Kier molecular flexibility index (Phi) is 1.92. The van der Waals surface area contributed by atoms with Crippen LogP contribution in [0, 0.1) is 11.3 Å². The number of likely N-dealkylation sites (tertiary alicyclic amines) is 1. The normalized spacial score (nSPS) is 41.2. The van der Waals surface area contributed by atoms with Gasteiger partial charge in [0, 0.05) is 25.1 Å². The fourth-order valence-corrected chi connectivity index (χ4v) is 2.82. The molecular formula is C10H19NO. The third-order valence-electron chi connectivity index (χ3n) is 3.42. The first-order valence-electron chi connectivity index (χ1n) is 4.92. The fraction of sp³-hybridized carbons (Fsp3) is 1.00. The Hall–Kier alpha value is -0.0800. The first kappa shape index (κ1) is 8.52. The van der Waals surface area contributed by atoms with Gasteiger partial charge in [0.05, 0.1) is 6.10 Å². The Morgan fingerprint density at radius 1 is 1.33 bits per heavy atom. The Morgan fingerprint density at radius 3 is 2.58 bits per heavy atom. The second-order valence-corrected chi connectivity index (χ2v) is 4.82. The molecule has 0 N–H and O–H groups in total. The van der Waals surface area contributed by atoms with Gasteiger partial charge in [0.15, 0.2) is 0 Å². The van der Waals surface area contributed by atoms with Crippen molar-refractivity contribution in [1.29, 1.82) is 0 Å². The third kappa shape index (κ3) is 1.17. The molecule has 12 heavy (non-hydrogen) atoms. The SMILES string of the molecule is CC1COC(C)C2(C1)CN(C)C2. The van der Waals surface area contributed by atoms with Crippen LogP contribution < -0.4 is 0 Å². The summed E-state index contributed by atoms with van der Waals surface area (Å²) >= 11 is 0. The lowest BCUT2D eigenvalue weighted by Gasteiger charge is -2.55. The van der Waals surface area contributed by atoms with Crippen molar-refractivity contribution in [2.45, 2.75) is 26.4 Å². The molecule has 0 bridgehead atoms. The van der Waals surface area contributed by atoms with Crippen molar-refractivity contribution >= 4 is 0 Å². The predicted octanol–water partition coefficient (Wildman–Crippen LogP) is 1.36. The molecule has 2 heterocycles. The minimum absolute atomic E-state index is 0.477. The molecule has 2 nitrogen and oxygen atoms in total. The number of ether oxygens (including phenoxy) is 1. The monoisotopic (exact) mass is 169 g/mol. The third-order valence-corrected chi connectivity index (χ3v) is 3.42. The van der Waals surface area contributed by atoms with E-state index in [-0.39, 0.29) is 0 Å². The Labute approximate surface area is 74.9 Å². The summed E-state index contributed by atoms with van der Waals surface area (Å²) in [4.78, 5) is 2.39. The van der Waals surface area contributed by atoms with Gasteiger partial charge in [0.25, 0.3) is 0 Å². The van der Waals surface area contributed by atoms with E-state index in [4.69, 9.17) is 4.74 Å². The van der Waals surface area contributed by atoms with Gasteiger partial charge >= 0.3 is 0 Å². The van der Waals surface area contributed by atoms with E-state index >= 15 is 0 Å². The summed E-state index contributed by atoms with van der Waals surface area (Å²) in [6.07, 6.45) is 1.84. The first-order chi connectivity index (χ1) is 5.62. The van der Waals surface area contributed by atoms with Gasteiger partial charge in [0.2, 0.25) is 0 Å². The van der Waals surface area contributed by atoms with Gasteiger partial charge < -0.3 is 9.64 Å². The van der Waals surface area contributed by atoms with E-state index in [1.165, 1.54) is 19.5 Å². The molecule has 2 unspecified atom stereocenters. The quantitative estimate of drug-likeness (QED) is 0.543. The zero-order valence-corrected chi connectivity index (χ0v) is 8.34. The number of hydrogen-bond donors (Lipinski definition) is 0. The van der Waals surface area contributed by atoms with Crippen LogP contribution in [0.4, 0.5) is 0 Å². The van der Waals surface area contributed by atoms with Crippen molar-refractivity contribution in [2.24, 2.45) is 11.3 Å². The van der Waals surface area contributed by atoms with Crippen molar-refractivity contribution < 1.29 is 4.74 Å². The summed E-state index contributed by atoms with van der Waals surface area (Å²) < 4.78 is 5.77. The average molecular weight is 169 g/mol. The van der Waals surface area contributed by atoms with Crippen LogP contribution in [-0.4, -0.2) is 37.7 Å². The van der Waals surface area contributed by atoms with Crippen LogP contribution in [0.3, 0.4) is 0 Å². The summed E-state index contributed by atoms with van der Waals surface area (Å²) in [6.45, 7) is 7.97. The van der Waals surface area contributed by atoms with Crippen LogP contribution >= 0.6 is 0 Å². The highest BCUT2D eigenvalue weighted by molar-refractivity contribution is 5.00. The molecular weight excluding hydrogens is 150 g/mol. The minimum Gasteiger partial charge on any atom is -0.378 e. The summed E-state index contributed by atoms with van der Waals surface area (Å²) in [5.41, 5.74) is 0.506. The van der Waals surface area contributed by atoms with Gasteiger partial charge in [0.1, 0.15) is 0 Å². The maximum absolute atomic E-state index is 5.77. The molecule has 0 aromatic rings. The van der Waals surface area contributed by atoms with E-state index in [0.717, 1.165) is 12.5 Å². The Bertz CT molecular complexity index is 175. The summed E-state index contributed by atoms with van der Waals surface area (Å²) in [6, 6.07) is 0. The van der Waals surface area contributed by atoms with E-state index in [2.05, 4.69) is 25.8 Å². The van der Waals surface area contributed by atoms with Crippen LogP contribution in [0.5, 0.6) is 0 Å². The highest BCUT2D eigenvalue weighted by atomic mass is 16.5. The topological polar surface area (TPSA) is 12.5 Å². The molecule has 0 amide bonds. The molecule has 70 valence electrons. The number of nitrogens with zero attached hydrogens (tertiary/aromatic N) is 1. The van der Waals surface area contributed by atoms with Gasteiger partial charge in [-0.2, -0.15) is 0 Å². The Balaban J connectivity index is 2.02. The minimum atomic E-state index is 0.477. The maximum atomic E-state index is 5.77. The molecule has 2 rings (SSSR count). The van der Waals surface area contributed by atoms with Crippen molar-refractivity contribution in [3.05, 3.63) is 0 Å². The summed E-state index contributed by atoms with van der Waals surface area (Å²) in [5, 5.41) is 0. The highest BCUT2D eigenvalue weighted by Crippen LogP contribution is 2.43. The summed E-state index contributed by atoms with van der Waals surface area (Å²) in [5.74, 6) is 0.759. The van der Waals surface area contributed by atoms with Crippen LogP contribution in [0.15, 0.2) is 0 Å². The standard InChI is InChI=1S/C10H19NO/c1-8-4-10(6-11(3)7-10)9(2)12-5-8/h8-9H,4-7H2,1-3H3. The molecule has 2 atom stereocenters. The molecule has 2 aliphatic rings. The van der Waals surface area contributed by atoms with E-state index in [9.17, 15) is 0 Å². The fourth-order valence-electron chi connectivity index (χ4n) is 2.82. The maximum Gasteiger partial charge on any atom is 0.0627 e. The Morgan fingerprint density at radius 2 is 2.00 bits per heavy atom. The number of rotatable bonds is 0. The molecule has 0 aromatic carbocycles. The van der Waals surface area contributed by atoms with Gasteiger partial charge in [-0.1, -0.05) is 6.92 Å².